The van der Waals surface area contributed by atoms with Gasteiger partial charge in [-0.3, -0.25) is 4.21 Å². The summed E-state index contributed by atoms with van der Waals surface area (Å²) in [4.78, 5) is 6.78. The van der Waals surface area contributed by atoms with Crippen molar-refractivity contribution in [2.24, 2.45) is 5.92 Å². The Morgan fingerprint density at radius 2 is 2.30 bits per heavy atom. The fraction of sp³-hybridized carbons (Fsp3) is 0.500. The third-order valence-electron chi connectivity index (χ3n) is 4.28. The van der Waals surface area contributed by atoms with Crippen molar-refractivity contribution >= 4 is 21.7 Å². The molecule has 1 N–H and O–H groups in total. The van der Waals surface area contributed by atoms with Gasteiger partial charge >= 0.3 is 0 Å². The molecule has 1 aromatic carbocycles. The quantitative estimate of drug-likeness (QED) is 0.940. The second kappa shape index (κ2) is 5.70. The number of H-pyrrole nitrogens is 1. The third-order valence-corrected chi connectivity index (χ3v) is 5.19. The molecule has 1 saturated heterocycles. The molecular weight excluding hydrogens is 268 g/mol. The fourth-order valence-electron chi connectivity index (χ4n) is 3.05. The summed E-state index contributed by atoms with van der Waals surface area (Å²) in [6.45, 7) is 5.91. The smallest absolute Gasteiger partial charge is 0.0498 e. The SMILES string of the molecule is C[C@@H]1CCN(CCc2c[nH]c3ccc(S(C)=O)cc23)C1. The van der Waals surface area contributed by atoms with E-state index >= 15 is 0 Å². The molecule has 4 heteroatoms. The number of benzene rings is 1. The molecule has 1 unspecified atom stereocenters. The van der Waals surface area contributed by atoms with E-state index in [1.54, 1.807) is 6.26 Å². The van der Waals surface area contributed by atoms with Crippen molar-refractivity contribution in [1.29, 1.82) is 0 Å². The van der Waals surface area contributed by atoms with E-state index in [2.05, 4.69) is 29.1 Å². The van der Waals surface area contributed by atoms with E-state index in [9.17, 15) is 4.21 Å². The van der Waals surface area contributed by atoms with Crippen LogP contribution in [0, 0.1) is 5.92 Å². The van der Waals surface area contributed by atoms with Crippen molar-refractivity contribution in [2.45, 2.75) is 24.7 Å². The maximum Gasteiger partial charge on any atom is 0.0498 e. The van der Waals surface area contributed by atoms with Crippen LogP contribution in [0.25, 0.3) is 10.9 Å². The van der Waals surface area contributed by atoms with E-state index in [1.807, 2.05) is 12.1 Å². The van der Waals surface area contributed by atoms with Crippen LogP contribution in [0.1, 0.15) is 18.9 Å². The minimum Gasteiger partial charge on any atom is -0.361 e. The van der Waals surface area contributed by atoms with Gasteiger partial charge in [0.2, 0.25) is 0 Å². The fourth-order valence-corrected chi connectivity index (χ4v) is 3.59. The molecule has 0 bridgehead atoms. The lowest BCUT2D eigenvalue weighted by molar-refractivity contribution is 0.332. The van der Waals surface area contributed by atoms with E-state index in [-0.39, 0.29) is 0 Å². The number of rotatable bonds is 4. The predicted molar refractivity (Wildman–Crippen MR) is 84.6 cm³/mol. The van der Waals surface area contributed by atoms with Gasteiger partial charge in [0.1, 0.15) is 0 Å². The van der Waals surface area contributed by atoms with Crippen LogP contribution in [0.2, 0.25) is 0 Å². The predicted octanol–water partition coefficient (Wildman–Crippen LogP) is 2.79. The van der Waals surface area contributed by atoms with Crippen LogP contribution in [0.4, 0.5) is 0 Å². The molecule has 108 valence electrons. The summed E-state index contributed by atoms with van der Waals surface area (Å²) >= 11 is 0. The average Bonchev–Trinajstić information content (AvgIpc) is 3.02. The van der Waals surface area contributed by atoms with E-state index in [4.69, 9.17) is 0 Å². The van der Waals surface area contributed by atoms with Gasteiger partial charge in [0.05, 0.1) is 0 Å². The van der Waals surface area contributed by atoms with Crippen LogP contribution in [0.15, 0.2) is 29.3 Å². The van der Waals surface area contributed by atoms with Crippen LogP contribution in [-0.2, 0) is 17.2 Å². The Labute approximate surface area is 122 Å². The molecular formula is C16H22N2OS. The molecule has 2 heterocycles. The highest BCUT2D eigenvalue weighted by Gasteiger charge is 2.18. The van der Waals surface area contributed by atoms with E-state index in [1.165, 1.54) is 30.5 Å². The topological polar surface area (TPSA) is 36.1 Å². The van der Waals surface area contributed by atoms with Gasteiger partial charge in [-0.2, -0.15) is 0 Å². The van der Waals surface area contributed by atoms with Crippen molar-refractivity contribution in [1.82, 2.24) is 9.88 Å². The van der Waals surface area contributed by atoms with Gasteiger partial charge in [-0.1, -0.05) is 6.92 Å². The van der Waals surface area contributed by atoms with Gasteiger partial charge in [0, 0.05) is 52.1 Å². The van der Waals surface area contributed by atoms with Crippen LogP contribution in [0.3, 0.4) is 0 Å². The number of aromatic amines is 1. The molecule has 3 nitrogen and oxygen atoms in total. The summed E-state index contributed by atoms with van der Waals surface area (Å²) in [5.74, 6) is 0.840. The number of hydrogen-bond donors (Lipinski definition) is 1. The van der Waals surface area contributed by atoms with Gasteiger partial charge in [-0.05, 0) is 49.1 Å². The molecule has 1 aromatic heterocycles. The average molecular weight is 290 g/mol. The molecule has 0 aliphatic carbocycles. The van der Waals surface area contributed by atoms with Crippen LogP contribution >= 0.6 is 0 Å². The van der Waals surface area contributed by atoms with Crippen molar-refractivity contribution < 1.29 is 4.21 Å². The molecule has 2 aromatic rings. The second-order valence-electron chi connectivity index (χ2n) is 5.92. The zero-order valence-corrected chi connectivity index (χ0v) is 13.0. The normalized spacial score (nSPS) is 21.6. The van der Waals surface area contributed by atoms with Crippen LogP contribution in [0.5, 0.6) is 0 Å². The Kier molecular flexibility index (Phi) is 3.94. The molecule has 3 rings (SSSR count). The highest BCUT2D eigenvalue weighted by atomic mass is 32.2. The number of hydrogen-bond acceptors (Lipinski definition) is 2. The lowest BCUT2D eigenvalue weighted by Crippen LogP contribution is -2.22. The Balaban J connectivity index is 1.77. The number of fused-ring (bicyclic) bond motifs is 1. The summed E-state index contributed by atoms with van der Waals surface area (Å²) in [6, 6.07) is 6.05. The Morgan fingerprint density at radius 1 is 1.45 bits per heavy atom. The highest BCUT2D eigenvalue weighted by molar-refractivity contribution is 7.84. The van der Waals surface area contributed by atoms with Crippen molar-refractivity contribution in [3.63, 3.8) is 0 Å². The molecule has 0 amide bonds. The van der Waals surface area contributed by atoms with Crippen molar-refractivity contribution in [2.75, 3.05) is 25.9 Å². The molecule has 1 aliphatic rings. The van der Waals surface area contributed by atoms with E-state index in [0.29, 0.717) is 0 Å². The Morgan fingerprint density at radius 3 is 3.00 bits per heavy atom. The standard InChI is InChI=1S/C16H22N2OS/c1-12-5-7-18(11-12)8-6-13-10-17-16-4-3-14(20(2)19)9-15(13)16/h3-4,9-10,12,17H,5-8,11H2,1-2H3/t12-,20?/m1/s1. The highest BCUT2D eigenvalue weighted by Crippen LogP contribution is 2.23. The first-order valence-electron chi connectivity index (χ1n) is 7.29. The number of aromatic nitrogens is 1. The van der Waals surface area contributed by atoms with Gasteiger partial charge in [-0.25, -0.2) is 0 Å². The Hall–Kier alpha value is -1.13. The lowest BCUT2D eigenvalue weighted by Gasteiger charge is -2.14. The second-order valence-corrected chi connectivity index (χ2v) is 7.30. The summed E-state index contributed by atoms with van der Waals surface area (Å²) in [7, 11) is -0.912. The summed E-state index contributed by atoms with van der Waals surface area (Å²) < 4.78 is 11.6. The van der Waals surface area contributed by atoms with E-state index < -0.39 is 10.8 Å². The summed E-state index contributed by atoms with van der Waals surface area (Å²) in [5, 5.41) is 1.23. The molecule has 1 fully saturated rings. The molecule has 0 radical (unpaired) electrons. The van der Waals surface area contributed by atoms with Crippen molar-refractivity contribution in [3.05, 3.63) is 30.0 Å². The summed E-state index contributed by atoms with van der Waals surface area (Å²) in [5.41, 5.74) is 2.48. The number of likely N-dealkylation sites (tertiary alicyclic amines) is 1. The van der Waals surface area contributed by atoms with Gasteiger partial charge in [0.15, 0.2) is 0 Å². The molecule has 0 spiro atoms. The van der Waals surface area contributed by atoms with Gasteiger partial charge < -0.3 is 9.88 Å². The first kappa shape index (κ1) is 13.8. The van der Waals surface area contributed by atoms with Crippen LogP contribution in [-0.4, -0.2) is 40.0 Å². The molecule has 0 saturated carbocycles. The van der Waals surface area contributed by atoms with Gasteiger partial charge in [-0.15, -0.1) is 0 Å². The zero-order chi connectivity index (χ0) is 14.1. The van der Waals surface area contributed by atoms with Crippen molar-refractivity contribution in [3.8, 4) is 0 Å². The van der Waals surface area contributed by atoms with E-state index in [0.717, 1.165) is 29.3 Å². The minimum absolute atomic E-state index is 0.840. The third kappa shape index (κ3) is 2.81. The number of nitrogens with zero attached hydrogens (tertiary/aromatic N) is 1. The maximum absolute atomic E-state index is 11.6. The zero-order valence-electron chi connectivity index (χ0n) is 12.2. The lowest BCUT2D eigenvalue weighted by atomic mass is 10.1. The summed E-state index contributed by atoms with van der Waals surface area (Å²) in [6.07, 6.45) is 6.23. The molecule has 1 aliphatic heterocycles. The maximum atomic E-state index is 11.6. The minimum atomic E-state index is -0.912. The van der Waals surface area contributed by atoms with Gasteiger partial charge in [0.25, 0.3) is 0 Å². The Bertz CT molecular complexity index is 634. The largest absolute Gasteiger partial charge is 0.361 e. The number of nitrogens with one attached hydrogen (secondary N) is 1. The molecule has 2 atom stereocenters. The monoisotopic (exact) mass is 290 g/mol. The van der Waals surface area contributed by atoms with Crippen LogP contribution < -0.4 is 0 Å². The first-order chi connectivity index (χ1) is 9.63. The molecule has 20 heavy (non-hydrogen) atoms. The first-order valence-corrected chi connectivity index (χ1v) is 8.85.